The molecule has 1 aliphatic heterocycles. The first kappa shape index (κ1) is 28.6. The minimum absolute atomic E-state index is 0.0490. The summed E-state index contributed by atoms with van der Waals surface area (Å²) in [5, 5.41) is 11.6. The van der Waals surface area contributed by atoms with E-state index >= 15 is 0 Å². The highest BCUT2D eigenvalue weighted by Crippen LogP contribution is 2.41. The Morgan fingerprint density at radius 1 is 0.857 bits per heavy atom. The Balaban J connectivity index is 1.50. The highest BCUT2D eigenvalue weighted by molar-refractivity contribution is 6.46. The summed E-state index contributed by atoms with van der Waals surface area (Å²) >= 11 is 0. The third-order valence-corrected chi connectivity index (χ3v) is 7.17. The molecule has 4 aromatic carbocycles. The van der Waals surface area contributed by atoms with Crippen molar-refractivity contribution in [3.8, 4) is 17.2 Å². The molecule has 1 N–H and O–H groups in total. The van der Waals surface area contributed by atoms with Gasteiger partial charge in [-0.25, -0.2) is 0 Å². The second-order valence-electron chi connectivity index (χ2n) is 10.5. The number of aryl methyl sites for hydroxylation is 1. The normalized spacial score (nSPS) is 16.2. The van der Waals surface area contributed by atoms with Crippen LogP contribution in [-0.2, 0) is 16.2 Å². The van der Waals surface area contributed by atoms with Gasteiger partial charge in [0.25, 0.3) is 11.7 Å². The molecule has 1 atom stereocenters. The summed E-state index contributed by atoms with van der Waals surface area (Å²) in [6.07, 6.45) is 0. The van der Waals surface area contributed by atoms with Gasteiger partial charge in [-0.2, -0.15) is 0 Å². The summed E-state index contributed by atoms with van der Waals surface area (Å²) in [6, 6.07) is 31.0. The largest absolute Gasteiger partial charge is 0.507 e. The number of ether oxygens (including phenoxy) is 2. The summed E-state index contributed by atoms with van der Waals surface area (Å²) in [4.78, 5) is 30.3. The number of hydrogen-bond donors (Lipinski definition) is 1. The number of aliphatic hydroxyl groups is 1. The molecule has 1 amide bonds. The van der Waals surface area contributed by atoms with Gasteiger partial charge in [-0.05, 0) is 80.2 Å². The first-order valence-electron chi connectivity index (χ1n) is 13.9. The number of carbonyl (C=O) groups is 2. The minimum atomic E-state index is -0.779. The summed E-state index contributed by atoms with van der Waals surface area (Å²) < 4.78 is 12.0. The number of nitrogens with zero attached hydrogens (tertiary/aromatic N) is 2. The van der Waals surface area contributed by atoms with Crippen LogP contribution in [0.4, 0.5) is 0 Å². The quantitative estimate of drug-likeness (QED) is 0.138. The lowest BCUT2D eigenvalue weighted by Gasteiger charge is -2.27. The van der Waals surface area contributed by atoms with Gasteiger partial charge in [0.2, 0.25) is 0 Å². The van der Waals surface area contributed by atoms with Gasteiger partial charge in [0, 0.05) is 18.7 Å². The number of hydrogen-bond acceptors (Lipinski definition) is 6. The van der Waals surface area contributed by atoms with Crippen LogP contribution in [0.25, 0.3) is 5.76 Å². The molecule has 0 radical (unpaired) electrons. The van der Waals surface area contributed by atoms with E-state index in [0.717, 1.165) is 11.1 Å². The Kier molecular flexibility index (Phi) is 8.69. The van der Waals surface area contributed by atoms with Crippen molar-refractivity contribution in [2.24, 2.45) is 0 Å². The van der Waals surface area contributed by atoms with Crippen LogP contribution in [0.5, 0.6) is 17.2 Å². The lowest BCUT2D eigenvalue weighted by molar-refractivity contribution is -0.140. The molecule has 0 saturated carbocycles. The van der Waals surface area contributed by atoms with E-state index < -0.39 is 17.7 Å². The summed E-state index contributed by atoms with van der Waals surface area (Å²) in [6.45, 7) is 3.16. The van der Waals surface area contributed by atoms with Crippen LogP contribution in [0.3, 0.4) is 0 Å². The van der Waals surface area contributed by atoms with Gasteiger partial charge in [0.1, 0.15) is 29.6 Å². The van der Waals surface area contributed by atoms with Gasteiger partial charge in [-0.1, -0.05) is 60.7 Å². The van der Waals surface area contributed by atoms with E-state index in [0.29, 0.717) is 48.1 Å². The Hall–Kier alpha value is -4.88. The molecule has 1 saturated heterocycles. The van der Waals surface area contributed by atoms with Gasteiger partial charge in [-0.3, -0.25) is 9.59 Å². The molecule has 1 aliphatic rings. The van der Waals surface area contributed by atoms with Crippen molar-refractivity contribution in [2.75, 3.05) is 27.2 Å². The van der Waals surface area contributed by atoms with E-state index in [1.807, 2.05) is 111 Å². The fourth-order valence-corrected chi connectivity index (χ4v) is 4.99. The zero-order chi connectivity index (χ0) is 29.6. The Bertz CT molecular complexity index is 1600. The van der Waals surface area contributed by atoms with Crippen LogP contribution in [0.15, 0.2) is 109 Å². The molecule has 1 heterocycles. The number of Topliss-reactive ketones (excluding diaryl/α,β-unsaturated/α-hetero) is 1. The Labute approximate surface area is 246 Å². The number of carbonyl (C=O) groups excluding carboxylic acids is 2. The number of aliphatic hydroxyl groups excluding tert-OH is 1. The molecule has 0 aromatic heterocycles. The fraction of sp³-hybridized carbons (Fsp3) is 0.200. The van der Waals surface area contributed by atoms with E-state index in [9.17, 15) is 14.7 Å². The molecular formula is C35H34N2O5. The number of amides is 1. The topological polar surface area (TPSA) is 79.3 Å². The smallest absolute Gasteiger partial charge is 0.295 e. The monoisotopic (exact) mass is 562 g/mol. The van der Waals surface area contributed by atoms with E-state index in [2.05, 4.69) is 0 Å². The second-order valence-corrected chi connectivity index (χ2v) is 10.5. The summed E-state index contributed by atoms with van der Waals surface area (Å²) in [5.41, 5.74) is 2.99. The van der Waals surface area contributed by atoms with Crippen molar-refractivity contribution in [1.29, 1.82) is 0 Å². The zero-order valence-corrected chi connectivity index (χ0v) is 24.0. The van der Waals surface area contributed by atoms with E-state index in [1.165, 1.54) is 4.90 Å². The molecule has 214 valence electrons. The van der Waals surface area contributed by atoms with Crippen molar-refractivity contribution >= 4 is 17.4 Å². The second kappa shape index (κ2) is 12.7. The standard InChI is InChI=1S/C35H34N2O5/c1-24-21-27(17-18-30(24)41-23-25-11-6-4-7-12-25)33(38)31-32(37(20-19-36(2)3)35(40)34(31)39)26-13-10-16-29(22-26)42-28-14-8-5-9-15-28/h4-18,21-22,32,38H,19-20,23H2,1-3H3/b33-31+/t32-/m0/s1. The summed E-state index contributed by atoms with van der Waals surface area (Å²) in [5.74, 6) is 0.320. The van der Waals surface area contributed by atoms with E-state index in [1.54, 1.807) is 18.2 Å². The minimum Gasteiger partial charge on any atom is -0.507 e. The van der Waals surface area contributed by atoms with Crippen LogP contribution in [0, 0.1) is 6.92 Å². The summed E-state index contributed by atoms with van der Waals surface area (Å²) in [7, 11) is 3.81. The maximum Gasteiger partial charge on any atom is 0.295 e. The molecule has 1 fully saturated rings. The first-order chi connectivity index (χ1) is 20.3. The molecule has 0 aliphatic carbocycles. The fourth-order valence-electron chi connectivity index (χ4n) is 4.99. The van der Waals surface area contributed by atoms with Gasteiger partial charge in [0.05, 0.1) is 11.6 Å². The van der Waals surface area contributed by atoms with Crippen molar-refractivity contribution < 1.29 is 24.2 Å². The molecule has 7 nitrogen and oxygen atoms in total. The molecule has 0 unspecified atom stereocenters. The molecule has 42 heavy (non-hydrogen) atoms. The van der Waals surface area contributed by atoms with Crippen molar-refractivity contribution in [1.82, 2.24) is 9.80 Å². The average Bonchev–Trinajstić information content (AvgIpc) is 3.25. The Morgan fingerprint density at radius 3 is 2.24 bits per heavy atom. The van der Waals surface area contributed by atoms with Crippen LogP contribution in [0.2, 0.25) is 0 Å². The van der Waals surface area contributed by atoms with Gasteiger partial charge < -0.3 is 24.4 Å². The van der Waals surface area contributed by atoms with E-state index in [-0.39, 0.29) is 11.3 Å². The SMILES string of the molecule is Cc1cc(/C(O)=C2\C(=O)C(=O)N(CCN(C)C)[C@H]2c2cccc(Oc3ccccc3)c2)ccc1OCc1ccccc1. The van der Waals surface area contributed by atoms with Gasteiger partial charge in [0.15, 0.2) is 0 Å². The molecule has 4 aromatic rings. The average molecular weight is 563 g/mol. The van der Waals surface area contributed by atoms with Gasteiger partial charge in [-0.15, -0.1) is 0 Å². The number of likely N-dealkylation sites (N-methyl/N-ethyl adjacent to an activating group) is 1. The molecular weight excluding hydrogens is 528 g/mol. The third-order valence-electron chi connectivity index (χ3n) is 7.17. The number of ketones is 1. The number of rotatable bonds is 10. The van der Waals surface area contributed by atoms with Crippen molar-refractivity contribution in [2.45, 2.75) is 19.6 Å². The van der Waals surface area contributed by atoms with Crippen molar-refractivity contribution in [3.05, 3.63) is 131 Å². The van der Waals surface area contributed by atoms with Crippen LogP contribution >= 0.6 is 0 Å². The first-order valence-corrected chi connectivity index (χ1v) is 13.9. The lowest BCUT2D eigenvalue weighted by Crippen LogP contribution is -2.35. The predicted octanol–water partition coefficient (Wildman–Crippen LogP) is 6.35. The molecule has 0 bridgehead atoms. The highest BCUT2D eigenvalue weighted by atomic mass is 16.5. The zero-order valence-electron chi connectivity index (χ0n) is 24.0. The van der Waals surface area contributed by atoms with E-state index in [4.69, 9.17) is 9.47 Å². The van der Waals surface area contributed by atoms with Crippen molar-refractivity contribution in [3.63, 3.8) is 0 Å². The third kappa shape index (κ3) is 6.37. The van der Waals surface area contributed by atoms with Crippen LogP contribution in [0.1, 0.15) is 28.3 Å². The number of likely N-dealkylation sites (tertiary alicyclic amines) is 1. The molecule has 0 spiro atoms. The van der Waals surface area contributed by atoms with Gasteiger partial charge >= 0.3 is 0 Å². The molecule has 7 heteroatoms. The highest BCUT2D eigenvalue weighted by Gasteiger charge is 2.46. The van der Waals surface area contributed by atoms with Crippen LogP contribution < -0.4 is 9.47 Å². The predicted molar refractivity (Wildman–Crippen MR) is 162 cm³/mol. The number of para-hydroxylation sites is 1. The number of benzene rings is 4. The molecule has 5 rings (SSSR count). The lowest BCUT2D eigenvalue weighted by atomic mass is 9.94. The Morgan fingerprint density at radius 2 is 1.55 bits per heavy atom. The maximum atomic E-state index is 13.5. The van der Waals surface area contributed by atoms with Crippen LogP contribution in [-0.4, -0.2) is 53.8 Å². The maximum absolute atomic E-state index is 13.5.